The summed E-state index contributed by atoms with van der Waals surface area (Å²) in [4.78, 5) is 19.4. The van der Waals surface area contributed by atoms with Gasteiger partial charge in [-0.3, -0.25) is 0 Å². The molecule has 3 N–H and O–H groups in total. The fourth-order valence-electron chi connectivity index (χ4n) is 4.44. The van der Waals surface area contributed by atoms with Crippen molar-refractivity contribution in [1.82, 2.24) is 9.97 Å². The summed E-state index contributed by atoms with van der Waals surface area (Å²) in [6.07, 6.45) is 2.11. The van der Waals surface area contributed by atoms with Gasteiger partial charge in [-0.1, -0.05) is 0 Å². The predicted octanol–water partition coefficient (Wildman–Crippen LogP) is 5.74. The molecule has 1 saturated carbocycles. The fourth-order valence-corrected chi connectivity index (χ4v) is 9.21. The Morgan fingerprint density at radius 2 is 1.88 bits per heavy atom. The zero-order valence-corrected chi connectivity index (χ0v) is 20.9. The Hall–Kier alpha value is -2.91. The first-order chi connectivity index (χ1) is 16.5. The molecule has 2 fully saturated rings. The van der Waals surface area contributed by atoms with E-state index in [9.17, 15) is 15.0 Å². The van der Waals surface area contributed by atoms with Crippen molar-refractivity contribution >= 4 is 36.8 Å². The fraction of sp³-hybridized carbons (Fsp3) is 0.259. The van der Waals surface area contributed by atoms with Crippen molar-refractivity contribution in [3.05, 3.63) is 74.9 Å². The Labute approximate surface area is 204 Å². The van der Waals surface area contributed by atoms with E-state index in [1.54, 1.807) is 19.1 Å². The summed E-state index contributed by atoms with van der Waals surface area (Å²) in [5, 5.41) is 19.1. The minimum absolute atomic E-state index is 0.0252. The standard InChI is InChI=1S/C27H25IN2O4/c1-16-2-7-19(12-20(16)25(32)33)34-26-29-23-13-21(22(28-10-11-28)14-24(23)30-26)17-3-5-18(6-4-17)27(15-31)8-9-27/h2-7,12-14,31H,8-11,15H2,1H3,(H,29,30)(H,32,33). The molecule has 1 aliphatic heterocycles. The van der Waals surface area contributed by atoms with Gasteiger partial charge in [0.2, 0.25) is 0 Å². The number of carboxylic acids is 1. The molecule has 1 aromatic heterocycles. The Balaban J connectivity index is 1.35. The van der Waals surface area contributed by atoms with E-state index >= 15 is 0 Å². The van der Waals surface area contributed by atoms with E-state index in [1.165, 1.54) is 35.2 Å². The molecule has 1 saturated heterocycles. The normalized spacial score (nSPS) is 17.1. The topological polar surface area (TPSA) is 95.4 Å². The van der Waals surface area contributed by atoms with Gasteiger partial charge in [-0.25, -0.2) is 0 Å². The van der Waals surface area contributed by atoms with Crippen molar-refractivity contribution in [2.24, 2.45) is 0 Å². The summed E-state index contributed by atoms with van der Waals surface area (Å²) in [6, 6.07) is 18.5. The van der Waals surface area contributed by atoms with Crippen LogP contribution >= 0.6 is 19.8 Å². The summed E-state index contributed by atoms with van der Waals surface area (Å²) >= 11 is -1.10. The number of nitrogens with zero attached hydrogens (tertiary/aromatic N) is 1. The maximum absolute atomic E-state index is 11.5. The number of carboxylic acid groups (broad SMARTS) is 1. The summed E-state index contributed by atoms with van der Waals surface area (Å²) in [6.45, 7) is 1.98. The van der Waals surface area contributed by atoms with Gasteiger partial charge in [0.1, 0.15) is 0 Å². The van der Waals surface area contributed by atoms with Gasteiger partial charge >= 0.3 is 205 Å². The van der Waals surface area contributed by atoms with E-state index in [4.69, 9.17) is 4.74 Å². The number of aromatic carboxylic acids is 1. The van der Waals surface area contributed by atoms with Gasteiger partial charge in [0.05, 0.1) is 0 Å². The second kappa shape index (κ2) is 8.09. The van der Waals surface area contributed by atoms with Gasteiger partial charge in [-0.05, 0) is 0 Å². The number of benzene rings is 3. The van der Waals surface area contributed by atoms with Crippen LogP contribution in [-0.4, -0.2) is 41.6 Å². The van der Waals surface area contributed by atoms with Crippen molar-refractivity contribution in [3.8, 4) is 22.9 Å². The molecule has 34 heavy (non-hydrogen) atoms. The number of hydrogen-bond donors (Lipinski definition) is 3. The van der Waals surface area contributed by atoms with E-state index in [0.29, 0.717) is 17.3 Å². The molecule has 0 bridgehead atoms. The van der Waals surface area contributed by atoms with Crippen molar-refractivity contribution < 1.29 is 19.7 Å². The number of rotatable bonds is 7. The average Bonchev–Trinajstić information content (AvgIpc) is 3.76. The summed E-state index contributed by atoms with van der Waals surface area (Å²) < 4.78 is 10.0. The van der Waals surface area contributed by atoms with E-state index in [2.05, 4.69) is 46.4 Å². The van der Waals surface area contributed by atoms with E-state index in [1.807, 2.05) is 0 Å². The number of aromatic amines is 1. The third-order valence-corrected chi connectivity index (χ3v) is 11.5. The van der Waals surface area contributed by atoms with Crippen molar-refractivity contribution in [3.63, 3.8) is 0 Å². The van der Waals surface area contributed by atoms with Crippen LogP contribution in [0.4, 0.5) is 0 Å². The number of fused-ring (bicyclic) bond motifs is 1. The van der Waals surface area contributed by atoms with Gasteiger partial charge in [0.15, 0.2) is 0 Å². The summed E-state index contributed by atoms with van der Waals surface area (Å²) in [5.74, 6) is -0.539. The van der Waals surface area contributed by atoms with Crippen molar-refractivity contribution in [2.75, 3.05) is 15.5 Å². The number of aromatic nitrogens is 2. The van der Waals surface area contributed by atoms with Crippen LogP contribution in [0.5, 0.6) is 11.8 Å². The van der Waals surface area contributed by atoms with Crippen molar-refractivity contribution in [1.29, 1.82) is 0 Å². The zero-order chi connectivity index (χ0) is 23.4. The Bertz CT molecular complexity index is 1420. The molecule has 2 aliphatic rings. The van der Waals surface area contributed by atoms with Crippen LogP contribution in [-0.2, 0) is 5.41 Å². The quantitative estimate of drug-likeness (QED) is 0.195. The monoisotopic (exact) mass is 568 g/mol. The number of carbonyl (C=O) groups is 1. The molecule has 6 rings (SSSR count). The first-order valence-corrected chi connectivity index (χ1v) is 15.5. The van der Waals surface area contributed by atoms with Crippen molar-refractivity contribution in [2.45, 2.75) is 25.2 Å². The zero-order valence-electron chi connectivity index (χ0n) is 18.8. The third-order valence-electron chi connectivity index (χ3n) is 6.83. The molecule has 2 heterocycles. The van der Waals surface area contributed by atoms with Crippen LogP contribution in [0.2, 0.25) is 0 Å². The Morgan fingerprint density at radius 1 is 1.12 bits per heavy atom. The van der Waals surface area contributed by atoms with Gasteiger partial charge < -0.3 is 0 Å². The molecule has 6 nitrogen and oxygen atoms in total. The maximum atomic E-state index is 11.5. The number of halogens is 1. The first-order valence-electron chi connectivity index (χ1n) is 11.3. The van der Waals surface area contributed by atoms with Gasteiger partial charge in [0.25, 0.3) is 0 Å². The first kappa shape index (κ1) is 21.6. The SMILES string of the molecule is Cc1ccc(Oc2nc3cc(-c4ccc(C5(CO)CC5)cc4)c(I4CC4)cc3[nH]2)cc1C(=O)O. The molecular weight excluding hydrogens is 543 g/mol. The number of nitrogens with one attached hydrogen (secondary N) is 1. The molecule has 0 unspecified atom stereocenters. The minimum atomic E-state index is -1.10. The molecule has 0 spiro atoms. The number of aliphatic hydroxyl groups is 1. The molecule has 174 valence electrons. The second-order valence-electron chi connectivity index (χ2n) is 9.13. The van der Waals surface area contributed by atoms with Crippen LogP contribution in [0.15, 0.2) is 54.6 Å². The van der Waals surface area contributed by atoms with Crippen LogP contribution in [0.25, 0.3) is 22.2 Å². The van der Waals surface area contributed by atoms with Gasteiger partial charge in [0, 0.05) is 0 Å². The number of alkyl halides is 2. The number of H-pyrrole nitrogens is 1. The number of aliphatic hydroxyl groups excluding tert-OH is 1. The summed E-state index contributed by atoms with van der Waals surface area (Å²) in [7, 11) is 0. The Morgan fingerprint density at radius 3 is 2.53 bits per heavy atom. The summed E-state index contributed by atoms with van der Waals surface area (Å²) in [5.41, 5.74) is 6.31. The molecule has 0 atom stereocenters. The van der Waals surface area contributed by atoms with Gasteiger partial charge in [-0.15, -0.1) is 0 Å². The number of hydrogen-bond acceptors (Lipinski definition) is 4. The molecular formula is C27H25IN2O4. The molecule has 1 aliphatic carbocycles. The molecule has 0 amide bonds. The van der Waals surface area contributed by atoms with E-state index in [0.717, 1.165) is 23.9 Å². The number of ether oxygens (including phenoxy) is 1. The predicted molar refractivity (Wildman–Crippen MR) is 140 cm³/mol. The van der Waals surface area contributed by atoms with Crippen LogP contribution in [0.3, 0.4) is 0 Å². The van der Waals surface area contributed by atoms with Crippen LogP contribution in [0, 0.1) is 10.5 Å². The van der Waals surface area contributed by atoms with E-state index < -0.39 is 25.8 Å². The molecule has 0 radical (unpaired) electrons. The molecule has 3 aromatic carbocycles. The number of imidazole rings is 1. The van der Waals surface area contributed by atoms with Gasteiger partial charge in [-0.2, -0.15) is 0 Å². The number of aryl methyl sites for hydroxylation is 1. The molecule has 4 aromatic rings. The van der Waals surface area contributed by atoms with Crippen LogP contribution in [0.1, 0.15) is 34.3 Å². The Kier molecular flexibility index (Phi) is 5.14. The van der Waals surface area contributed by atoms with E-state index in [-0.39, 0.29) is 17.6 Å². The third kappa shape index (κ3) is 3.86. The molecule has 7 heteroatoms. The second-order valence-corrected chi connectivity index (χ2v) is 15.0. The average molecular weight is 568 g/mol. The van der Waals surface area contributed by atoms with Crippen LogP contribution < -0.4 is 4.74 Å².